The molecule has 0 saturated carbocycles. The quantitative estimate of drug-likeness (QED) is 0.757. The third-order valence-electron chi connectivity index (χ3n) is 3.44. The van der Waals surface area contributed by atoms with Crippen molar-refractivity contribution in [3.05, 3.63) is 48.7 Å². The number of rotatable bonds is 8. The number of benzene rings is 1. The molecule has 21 heavy (non-hydrogen) atoms. The maximum Gasteiger partial charge on any atom is 0.136 e. The lowest BCUT2D eigenvalue weighted by Gasteiger charge is -2.24. The molecule has 112 valence electrons. The zero-order chi connectivity index (χ0) is 15.1. The molecule has 2 aromatic rings. The molecule has 0 aliphatic carbocycles. The lowest BCUT2D eigenvalue weighted by Crippen LogP contribution is -2.28. The molecule has 1 aromatic heterocycles. The SMILES string of the molecule is C=CCN(CCOC)c1ncc(CNC)c2ccccc12. The molecule has 1 N–H and O–H groups in total. The fraction of sp³-hybridized carbons (Fsp3) is 0.353. The number of anilines is 1. The normalized spacial score (nSPS) is 10.8. The van der Waals surface area contributed by atoms with Gasteiger partial charge in [0.1, 0.15) is 5.82 Å². The molecule has 0 amide bonds. The summed E-state index contributed by atoms with van der Waals surface area (Å²) >= 11 is 0. The van der Waals surface area contributed by atoms with Crippen LogP contribution in [0.1, 0.15) is 5.56 Å². The van der Waals surface area contributed by atoms with Crippen LogP contribution >= 0.6 is 0 Å². The summed E-state index contributed by atoms with van der Waals surface area (Å²) in [4.78, 5) is 6.88. The Kier molecular flexibility index (Phi) is 5.72. The van der Waals surface area contributed by atoms with Gasteiger partial charge in [-0.05, 0) is 18.0 Å². The lowest BCUT2D eigenvalue weighted by atomic mass is 10.1. The highest BCUT2D eigenvalue weighted by Gasteiger charge is 2.12. The molecule has 0 spiro atoms. The minimum atomic E-state index is 0.669. The maximum atomic E-state index is 5.20. The van der Waals surface area contributed by atoms with Gasteiger partial charge in [0.05, 0.1) is 6.61 Å². The molecular formula is C17H23N3O. The van der Waals surface area contributed by atoms with E-state index in [1.54, 1.807) is 7.11 Å². The number of ether oxygens (including phenoxy) is 1. The monoisotopic (exact) mass is 285 g/mol. The molecule has 0 atom stereocenters. The number of hydrogen-bond acceptors (Lipinski definition) is 4. The molecule has 0 unspecified atom stereocenters. The van der Waals surface area contributed by atoms with Crippen LogP contribution in [-0.4, -0.2) is 38.8 Å². The molecule has 0 aliphatic rings. The number of nitrogens with one attached hydrogen (secondary N) is 1. The predicted octanol–water partition coefficient (Wildman–Crippen LogP) is 2.59. The first-order valence-electron chi connectivity index (χ1n) is 7.17. The summed E-state index contributed by atoms with van der Waals surface area (Å²) in [7, 11) is 3.67. The summed E-state index contributed by atoms with van der Waals surface area (Å²) in [5.74, 6) is 0.988. The molecule has 0 bridgehead atoms. The highest BCUT2D eigenvalue weighted by Crippen LogP contribution is 2.27. The zero-order valence-electron chi connectivity index (χ0n) is 12.8. The van der Waals surface area contributed by atoms with E-state index in [-0.39, 0.29) is 0 Å². The summed E-state index contributed by atoms with van der Waals surface area (Å²) < 4.78 is 5.20. The van der Waals surface area contributed by atoms with Crippen LogP contribution in [0.4, 0.5) is 5.82 Å². The van der Waals surface area contributed by atoms with E-state index in [9.17, 15) is 0 Å². The van der Waals surface area contributed by atoms with Gasteiger partial charge in [-0.3, -0.25) is 0 Å². The third-order valence-corrected chi connectivity index (χ3v) is 3.44. The topological polar surface area (TPSA) is 37.4 Å². The summed E-state index contributed by atoms with van der Waals surface area (Å²) in [5, 5.41) is 5.60. The van der Waals surface area contributed by atoms with Crippen LogP contribution < -0.4 is 10.2 Å². The van der Waals surface area contributed by atoms with Crippen molar-refractivity contribution in [1.29, 1.82) is 0 Å². The second-order valence-electron chi connectivity index (χ2n) is 4.91. The summed E-state index contributed by atoms with van der Waals surface area (Å²) in [6, 6.07) is 8.40. The highest BCUT2D eigenvalue weighted by molar-refractivity contribution is 5.94. The van der Waals surface area contributed by atoms with E-state index >= 15 is 0 Å². The van der Waals surface area contributed by atoms with E-state index in [0.29, 0.717) is 6.61 Å². The standard InChI is InChI=1S/C17H23N3O/c1-4-9-20(10-11-21-3)17-16-8-6-5-7-15(16)14(12-18-2)13-19-17/h4-8,13,18H,1,9-12H2,2-3H3. The minimum absolute atomic E-state index is 0.669. The van der Waals surface area contributed by atoms with Gasteiger partial charge in [0.15, 0.2) is 0 Å². The Balaban J connectivity index is 2.47. The molecule has 0 radical (unpaired) electrons. The largest absolute Gasteiger partial charge is 0.383 e. The first-order chi connectivity index (χ1) is 10.3. The highest BCUT2D eigenvalue weighted by atomic mass is 16.5. The Bertz CT molecular complexity index is 598. The summed E-state index contributed by atoms with van der Waals surface area (Å²) in [6.07, 6.45) is 3.85. The van der Waals surface area contributed by atoms with Gasteiger partial charge in [0.2, 0.25) is 0 Å². The van der Waals surface area contributed by atoms with Crippen LogP contribution in [0.5, 0.6) is 0 Å². The van der Waals surface area contributed by atoms with Crippen molar-refractivity contribution in [1.82, 2.24) is 10.3 Å². The Labute approximate surface area is 126 Å². The molecule has 0 aliphatic heterocycles. The number of pyridine rings is 1. The minimum Gasteiger partial charge on any atom is -0.383 e. The molecule has 0 fully saturated rings. The van der Waals surface area contributed by atoms with E-state index in [0.717, 1.165) is 25.5 Å². The second-order valence-corrected chi connectivity index (χ2v) is 4.91. The van der Waals surface area contributed by atoms with Gasteiger partial charge < -0.3 is 15.0 Å². The van der Waals surface area contributed by atoms with Gasteiger partial charge in [0, 0.05) is 38.3 Å². The summed E-state index contributed by atoms with van der Waals surface area (Å²) in [6.45, 7) is 6.87. The molecular weight excluding hydrogens is 262 g/mol. The van der Waals surface area contributed by atoms with E-state index in [2.05, 4.69) is 46.0 Å². The number of hydrogen-bond donors (Lipinski definition) is 1. The Morgan fingerprint density at radius 2 is 2.10 bits per heavy atom. The Hall–Kier alpha value is -1.91. The molecule has 4 nitrogen and oxygen atoms in total. The van der Waals surface area contributed by atoms with Crippen LogP contribution in [0.15, 0.2) is 43.1 Å². The molecule has 1 heterocycles. The lowest BCUT2D eigenvalue weighted by molar-refractivity contribution is 0.205. The number of fused-ring (bicyclic) bond motifs is 1. The van der Waals surface area contributed by atoms with Crippen molar-refractivity contribution in [3.63, 3.8) is 0 Å². The van der Waals surface area contributed by atoms with Crippen LogP contribution in [0.2, 0.25) is 0 Å². The van der Waals surface area contributed by atoms with Crippen molar-refractivity contribution in [2.45, 2.75) is 6.54 Å². The van der Waals surface area contributed by atoms with Crippen LogP contribution in [0.3, 0.4) is 0 Å². The van der Waals surface area contributed by atoms with E-state index in [1.807, 2.05) is 19.3 Å². The number of methoxy groups -OCH3 is 1. The Morgan fingerprint density at radius 1 is 1.33 bits per heavy atom. The fourth-order valence-corrected chi connectivity index (χ4v) is 2.46. The van der Waals surface area contributed by atoms with Crippen molar-refractivity contribution >= 4 is 16.6 Å². The molecule has 2 rings (SSSR count). The number of nitrogens with zero attached hydrogens (tertiary/aromatic N) is 2. The molecule has 4 heteroatoms. The first-order valence-corrected chi connectivity index (χ1v) is 7.17. The van der Waals surface area contributed by atoms with Crippen LogP contribution in [-0.2, 0) is 11.3 Å². The van der Waals surface area contributed by atoms with Crippen molar-refractivity contribution < 1.29 is 4.74 Å². The zero-order valence-corrected chi connectivity index (χ0v) is 12.8. The van der Waals surface area contributed by atoms with Gasteiger partial charge in [-0.15, -0.1) is 6.58 Å². The molecule has 1 aromatic carbocycles. The van der Waals surface area contributed by atoms with Gasteiger partial charge in [0.25, 0.3) is 0 Å². The fourth-order valence-electron chi connectivity index (χ4n) is 2.46. The van der Waals surface area contributed by atoms with Gasteiger partial charge in [-0.2, -0.15) is 0 Å². The average molecular weight is 285 g/mol. The average Bonchev–Trinajstić information content (AvgIpc) is 2.52. The molecule has 0 saturated heterocycles. The third kappa shape index (κ3) is 3.60. The van der Waals surface area contributed by atoms with Gasteiger partial charge in [-0.25, -0.2) is 4.98 Å². The van der Waals surface area contributed by atoms with E-state index in [4.69, 9.17) is 4.74 Å². The number of aromatic nitrogens is 1. The van der Waals surface area contributed by atoms with Gasteiger partial charge in [-0.1, -0.05) is 30.3 Å². The Morgan fingerprint density at radius 3 is 2.76 bits per heavy atom. The van der Waals surface area contributed by atoms with Crippen molar-refractivity contribution in [2.75, 3.05) is 38.8 Å². The first kappa shape index (κ1) is 15.5. The smallest absolute Gasteiger partial charge is 0.136 e. The van der Waals surface area contributed by atoms with Crippen LogP contribution in [0, 0.1) is 0 Å². The maximum absolute atomic E-state index is 5.20. The van der Waals surface area contributed by atoms with Gasteiger partial charge >= 0.3 is 0 Å². The summed E-state index contributed by atoms with van der Waals surface area (Å²) in [5.41, 5.74) is 1.21. The van der Waals surface area contributed by atoms with Crippen molar-refractivity contribution in [2.24, 2.45) is 0 Å². The van der Waals surface area contributed by atoms with Crippen LogP contribution in [0.25, 0.3) is 10.8 Å². The van der Waals surface area contributed by atoms with E-state index in [1.165, 1.54) is 16.3 Å². The van der Waals surface area contributed by atoms with Crippen molar-refractivity contribution in [3.8, 4) is 0 Å². The predicted molar refractivity (Wildman–Crippen MR) is 88.8 cm³/mol. The van der Waals surface area contributed by atoms with E-state index < -0.39 is 0 Å². The second kappa shape index (κ2) is 7.76.